The summed E-state index contributed by atoms with van der Waals surface area (Å²) in [6.07, 6.45) is 1.43. The Morgan fingerprint density at radius 1 is 1.15 bits per heavy atom. The third kappa shape index (κ3) is 4.29. The molecule has 0 atom stereocenters. The molecule has 2 aliphatic heterocycles. The average Bonchev–Trinajstić information content (AvgIpc) is 3.21. The van der Waals surface area contributed by atoms with Crippen LogP contribution in [0.4, 0.5) is 16.6 Å². The van der Waals surface area contributed by atoms with E-state index in [1.807, 2.05) is 32.9 Å². The largest absolute Gasteiger partial charge is 0.463 e. The third-order valence-electron chi connectivity index (χ3n) is 6.43. The number of carbonyl (C=O) groups excluding carboxylic acids is 1. The molecule has 4 heterocycles. The number of anilines is 2. The Hall–Kier alpha value is -2.59. The summed E-state index contributed by atoms with van der Waals surface area (Å²) in [7, 11) is 4.20. The van der Waals surface area contributed by atoms with E-state index in [9.17, 15) is 4.79 Å². The number of piperazine rings is 1. The number of aromatic nitrogens is 2. The smallest absolute Gasteiger partial charge is 0.410 e. The quantitative estimate of drug-likeness (QED) is 0.503. The van der Waals surface area contributed by atoms with Crippen LogP contribution in [0.2, 0.25) is 0 Å². The van der Waals surface area contributed by atoms with E-state index in [4.69, 9.17) is 19.1 Å². The lowest BCUT2D eigenvalue weighted by Gasteiger charge is -2.43. The maximum absolute atomic E-state index is 12.6. The van der Waals surface area contributed by atoms with Crippen LogP contribution in [0, 0.1) is 0 Å². The van der Waals surface area contributed by atoms with Crippen molar-refractivity contribution in [3.63, 3.8) is 0 Å². The fourth-order valence-corrected chi connectivity index (χ4v) is 4.94. The molecule has 2 saturated heterocycles. The van der Waals surface area contributed by atoms with Crippen molar-refractivity contribution in [3.8, 4) is 0 Å². The first-order chi connectivity index (χ1) is 16.1. The van der Waals surface area contributed by atoms with E-state index in [1.54, 1.807) is 11.2 Å². The van der Waals surface area contributed by atoms with Crippen LogP contribution in [0.15, 0.2) is 27.3 Å². The second-order valence-electron chi connectivity index (χ2n) is 10.2. The highest BCUT2D eigenvalue weighted by molar-refractivity contribution is 9.10. The van der Waals surface area contributed by atoms with Crippen molar-refractivity contribution < 1.29 is 13.9 Å². The average molecular weight is 531 g/mol. The Bertz CT molecular complexity index is 1220. The molecule has 3 aromatic rings. The number of hydrogen-bond acceptors (Lipinski definition) is 8. The zero-order chi connectivity index (χ0) is 24.2. The van der Waals surface area contributed by atoms with Crippen LogP contribution in [-0.2, 0) is 4.74 Å². The van der Waals surface area contributed by atoms with Crippen molar-refractivity contribution in [2.75, 3.05) is 63.2 Å². The summed E-state index contributed by atoms with van der Waals surface area (Å²) in [5.74, 6) is 1.58. The number of rotatable bonds is 3. The fraction of sp³-hybridized carbons (Fsp3) is 0.542. The summed E-state index contributed by atoms with van der Waals surface area (Å²) < 4.78 is 12.4. The van der Waals surface area contributed by atoms with Crippen molar-refractivity contribution in [1.29, 1.82) is 0 Å². The number of fused-ring (bicyclic) bond motifs is 3. The van der Waals surface area contributed by atoms with Gasteiger partial charge in [-0.2, -0.15) is 4.98 Å². The number of hydrogen-bond donors (Lipinski definition) is 0. The molecule has 0 aliphatic carbocycles. The molecule has 0 N–H and O–H groups in total. The van der Waals surface area contributed by atoms with Crippen molar-refractivity contribution in [2.45, 2.75) is 32.4 Å². The van der Waals surface area contributed by atoms with E-state index in [0.717, 1.165) is 51.2 Å². The summed E-state index contributed by atoms with van der Waals surface area (Å²) >= 11 is 3.67. The number of nitrogens with zero attached hydrogens (tertiary/aromatic N) is 6. The molecule has 0 unspecified atom stereocenters. The van der Waals surface area contributed by atoms with E-state index in [2.05, 4.69) is 44.7 Å². The van der Waals surface area contributed by atoms with Crippen LogP contribution in [0.3, 0.4) is 0 Å². The lowest BCUT2D eigenvalue weighted by atomic mass is 10.1. The summed E-state index contributed by atoms with van der Waals surface area (Å²) in [6, 6.07) is 4.50. The highest BCUT2D eigenvalue weighted by Crippen LogP contribution is 2.38. The van der Waals surface area contributed by atoms with Gasteiger partial charge in [-0.15, -0.1) is 0 Å². The first-order valence-electron chi connectivity index (χ1n) is 11.6. The minimum Gasteiger partial charge on any atom is -0.463 e. The van der Waals surface area contributed by atoms with Gasteiger partial charge in [0.15, 0.2) is 0 Å². The van der Waals surface area contributed by atoms with Crippen LogP contribution in [0.25, 0.3) is 21.9 Å². The van der Waals surface area contributed by atoms with Crippen LogP contribution in [-0.4, -0.2) is 90.9 Å². The van der Waals surface area contributed by atoms with E-state index < -0.39 is 5.60 Å². The Kier molecular flexibility index (Phi) is 5.84. The van der Waals surface area contributed by atoms with Gasteiger partial charge in [-0.25, -0.2) is 9.78 Å². The molecule has 0 saturated carbocycles. The number of benzene rings is 1. The van der Waals surface area contributed by atoms with E-state index in [0.29, 0.717) is 32.2 Å². The monoisotopic (exact) mass is 530 g/mol. The molecule has 10 heteroatoms. The van der Waals surface area contributed by atoms with Crippen LogP contribution in [0.1, 0.15) is 20.8 Å². The number of furan rings is 1. The molecule has 2 aliphatic rings. The molecule has 2 fully saturated rings. The van der Waals surface area contributed by atoms with Crippen LogP contribution >= 0.6 is 15.9 Å². The van der Waals surface area contributed by atoms with Gasteiger partial charge in [-0.1, -0.05) is 0 Å². The topological polar surface area (TPSA) is 78.2 Å². The first kappa shape index (κ1) is 23.2. The maximum atomic E-state index is 12.6. The minimum absolute atomic E-state index is 0.270. The van der Waals surface area contributed by atoms with Gasteiger partial charge in [0, 0.05) is 55.2 Å². The molecule has 0 spiro atoms. The van der Waals surface area contributed by atoms with Gasteiger partial charge in [0.1, 0.15) is 17.0 Å². The predicted molar refractivity (Wildman–Crippen MR) is 137 cm³/mol. The Labute approximate surface area is 207 Å². The molecular weight excluding hydrogens is 500 g/mol. The zero-order valence-electron chi connectivity index (χ0n) is 20.3. The summed E-state index contributed by atoms with van der Waals surface area (Å²) in [4.78, 5) is 31.0. The Morgan fingerprint density at radius 2 is 1.85 bits per heavy atom. The summed E-state index contributed by atoms with van der Waals surface area (Å²) in [5, 5.41) is 1.90. The molecule has 34 heavy (non-hydrogen) atoms. The molecule has 182 valence electrons. The van der Waals surface area contributed by atoms with Gasteiger partial charge in [-0.3, -0.25) is 0 Å². The van der Waals surface area contributed by atoms with Gasteiger partial charge in [0.2, 0.25) is 5.95 Å². The SMILES string of the molecule is CN(C)C1CN(c2nc(N3CCN(C(=O)OC(C)(C)C)CC3)c3c(cc(Br)c4ccoc43)n2)C1. The van der Waals surface area contributed by atoms with Crippen molar-refractivity contribution in [3.05, 3.63) is 22.9 Å². The lowest BCUT2D eigenvalue weighted by Crippen LogP contribution is -2.58. The van der Waals surface area contributed by atoms with Gasteiger partial charge >= 0.3 is 6.09 Å². The molecule has 0 bridgehead atoms. The second-order valence-corrected chi connectivity index (χ2v) is 11.1. The van der Waals surface area contributed by atoms with Gasteiger partial charge in [0.05, 0.1) is 17.2 Å². The number of halogens is 1. The minimum atomic E-state index is -0.508. The third-order valence-corrected chi connectivity index (χ3v) is 7.08. The number of ether oxygens (including phenoxy) is 1. The fourth-order valence-electron chi connectivity index (χ4n) is 4.41. The molecule has 1 amide bonds. The van der Waals surface area contributed by atoms with E-state index >= 15 is 0 Å². The molecule has 9 nitrogen and oxygen atoms in total. The normalized spacial score (nSPS) is 17.7. The molecular formula is C24H31BrN6O3. The van der Waals surface area contributed by atoms with Gasteiger partial charge in [0.25, 0.3) is 0 Å². The van der Waals surface area contributed by atoms with Crippen LogP contribution in [0.5, 0.6) is 0 Å². The maximum Gasteiger partial charge on any atom is 0.410 e. The molecule has 2 aromatic heterocycles. The zero-order valence-corrected chi connectivity index (χ0v) is 21.9. The van der Waals surface area contributed by atoms with E-state index in [1.165, 1.54) is 0 Å². The summed E-state index contributed by atoms with van der Waals surface area (Å²) in [6.45, 7) is 9.91. The number of amides is 1. The Balaban J connectivity index is 1.48. The van der Waals surface area contributed by atoms with Gasteiger partial charge < -0.3 is 28.8 Å². The first-order valence-corrected chi connectivity index (χ1v) is 12.4. The van der Waals surface area contributed by atoms with Crippen LogP contribution < -0.4 is 9.80 Å². The lowest BCUT2D eigenvalue weighted by molar-refractivity contribution is 0.0240. The van der Waals surface area contributed by atoms with Gasteiger partial charge in [-0.05, 0) is 62.9 Å². The standard InChI is InChI=1S/C24H31BrN6O3/c1-24(2,3)34-23(32)30-9-7-29(8-10-30)21-19-18(12-17(25)16-6-11-33-20(16)19)26-22(27-21)31-13-15(14-31)28(4)5/h6,11-12,15H,7-10,13-14H2,1-5H3. The number of likely N-dealkylation sites (N-methyl/N-ethyl adjacent to an activating group) is 1. The predicted octanol–water partition coefficient (Wildman–Crippen LogP) is 3.95. The van der Waals surface area contributed by atoms with E-state index in [-0.39, 0.29) is 6.09 Å². The van der Waals surface area contributed by atoms with Crippen molar-refractivity contribution in [2.24, 2.45) is 0 Å². The molecule has 1 aromatic carbocycles. The number of carbonyl (C=O) groups is 1. The Morgan fingerprint density at radius 3 is 2.50 bits per heavy atom. The molecule has 5 rings (SSSR count). The second kappa shape index (κ2) is 8.57. The highest BCUT2D eigenvalue weighted by Gasteiger charge is 2.33. The summed E-state index contributed by atoms with van der Waals surface area (Å²) in [5.41, 5.74) is 1.11. The molecule has 0 radical (unpaired) electrons. The highest BCUT2D eigenvalue weighted by atomic mass is 79.9. The van der Waals surface area contributed by atoms with Crippen molar-refractivity contribution in [1.82, 2.24) is 19.8 Å². The van der Waals surface area contributed by atoms with Crippen molar-refractivity contribution >= 4 is 55.7 Å².